The predicted octanol–water partition coefficient (Wildman–Crippen LogP) is 4.79. The van der Waals surface area contributed by atoms with E-state index in [9.17, 15) is 19.2 Å². The van der Waals surface area contributed by atoms with Crippen LogP contribution in [0.1, 0.15) is 73.4 Å². The summed E-state index contributed by atoms with van der Waals surface area (Å²) in [7, 11) is 0. The molecular formula is C37H42BrN9O4. The predicted molar refractivity (Wildman–Crippen MR) is 196 cm³/mol. The summed E-state index contributed by atoms with van der Waals surface area (Å²) >= 11 is 3.37. The zero-order valence-corrected chi connectivity index (χ0v) is 30.8. The van der Waals surface area contributed by atoms with Crippen molar-refractivity contribution in [2.75, 3.05) is 11.9 Å². The summed E-state index contributed by atoms with van der Waals surface area (Å²) in [4.78, 5) is 68.5. The minimum Gasteiger partial charge on any atom is -0.364 e. The molecule has 1 aliphatic carbocycles. The highest BCUT2D eigenvalue weighted by molar-refractivity contribution is 9.10. The number of hydrogen-bond acceptors (Lipinski definition) is 8. The Morgan fingerprint density at radius 3 is 2.57 bits per heavy atom. The number of pyridine rings is 1. The number of carbonyl (C=O) groups is 4. The van der Waals surface area contributed by atoms with Crippen LogP contribution < -0.4 is 16.4 Å². The zero-order valence-electron chi connectivity index (χ0n) is 29.2. The van der Waals surface area contributed by atoms with Gasteiger partial charge >= 0.3 is 0 Å². The normalized spacial score (nSPS) is 19.4. The molecule has 266 valence electrons. The number of hydrogen-bond donors (Lipinski definition) is 3. The average Bonchev–Trinajstić information content (AvgIpc) is 3.52. The molecule has 3 aromatic heterocycles. The molecule has 0 unspecified atom stereocenters. The Hall–Kier alpha value is -4.98. The Bertz CT molecular complexity index is 2040. The molecule has 1 saturated carbocycles. The Morgan fingerprint density at radius 1 is 1.10 bits per heavy atom. The number of nitrogens with one attached hydrogen (secondary N) is 2. The van der Waals surface area contributed by atoms with E-state index < -0.39 is 17.4 Å². The smallest absolute Gasteiger partial charge is 0.269 e. The Labute approximate surface area is 304 Å². The van der Waals surface area contributed by atoms with Crippen LogP contribution in [0.5, 0.6) is 0 Å². The highest BCUT2D eigenvalue weighted by Gasteiger charge is 2.67. The maximum absolute atomic E-state index is 14.5. The molecule has 14 heteroatoms. The molecule has 51 heavy (non-hydrogen) atoms. The number of unbranched alkanes of at least 4 members (excludes halogenated alkanes) is 1. The molecule has 0 spiro atoms. The maximum atomic E-state index is 14.5. The quantitative estimate of drug-likeness (QED) is 0.129. The van der Waals surface area contributed by atoms with Crippen LogP contribution in [0.2, 0.25) is 0 Å². The number of rotatable bonds is 13. The van der Waals surface area contributed by atoms with Gasteiger partial charge < -0.3 is 21.3 Å². The van der Waals surface area contributed by atoms with Gasteiger partial charge in [0.2, 0.25) is 17.7 Å². The zero-order chi connectivity index (χ0) is 36.4. The van der Waals surface area contributed by atoms with Gasteiger partial charge in [0.05, 0.1) is 5.52 Å². The minimum absolute atomic E-state index is 0.0381. The van der Waals surface area contributed by atoms with Crippen LogP contribution in [-0.2, 0) is 27.3 Å². The third-order valence-corrected chi connectivity index (χ3v) is 10.3. The van der Waals surface area contributed by atoms with E-state index in [0.717, 1.165) is 35.1 Å². The molecule has 2 fully saturated rings. The van der Waals surface area contributed by atoms with Crippen molar-refractivity contribution in [3.8, 4) is 11.1 Å². The van der Waals surface area contributed by atoms with E-state index in [1.807, 2.05) is 51.1 Å². The lowest BCUT2D eigenvalue weighted by molar-refractivity contribution is -0.138. The number of allylic oxidation sites excluding steroid dienone is 2. The van der Waals surface area contributed by atoms with Crippen LogP contribution in [-0.4, -0.2) is 71.9 Å². The fourth-order valence-corrected chi connectivity index (χ4v) is 7.33. The highest BCUT2D eigenvalue weighted by atomic mass is 79.9. The van der Waals surface area contributed by atoms with Gasteiger partial charge in [0, 0.05) is 47.8 Å². The first kappa shape index (κ1) is 35.8. The van der Waals surface area contributed by atoms with Gasteiger partial charge in [-0.3, -0.25) is 23.9 Å². The second-order valence-corrected chi connectivity index (χ2v) is 14.3. The van der Waals surface area contributed by atoms with Crippen molar-refractivity contribution < 1.29 is 19.2 Å². The van der Waals surface area contributed by atoms with Crippen molar-refractivity contribution in [3.05, 3.63) is 76.1 Å². The summed E-state index contributed by atoms with van der Waals surface area (Å²) in [6.45, 7) is 7.75. The van der Waals surface area contributed by atoms with Crippen molar-refractivity contribution in [1.29, 1.82) is 0 Å². The lowest BCUT2D eigenvalue weighted by atomic mass is 9.98. The first-order chi connectivity index (χ1) is 24.4. The van der Waals surface area contributed by atoms with Gasteiger partial charge in [0.1, 0.15) is 28.8 Å². The summed E-state index contributed by atoms with van der Waals surface area (Å²) in [6.07, 6.45) is 11.0. The van der Waals surface area contributed by atoms with Crippen molar-refractivity contribution in [3.63, 3.8) is 0 Å². The lowest BCUT2D eigenvalue weighted by Crippen LogP contribution is -2.47. The Kier molecular flexibility index (Phi) is 10.3. The monoisotopic (exact) mass is 755 g/mol. The number of piperidine rings is 1. The second-order valence-electron chi connectivity index (χ2n) is 13.5. The van der Waals surface area contributed by atoms with Crippen molar-refractivity contribution in [2.45, 2.75) is 84.8 Å². The number of halogens is 1. The molecule has 1 aromatic carbocycles. The first-order valence-corrected chi connectivity index (χ1v) is 18.0. The summed E-state index contributed by atoms with van der Waals surface area (Å²) in [6, 6.07) is 6.38. The number of benzene rings is 1. The summed E-state index contributed by atoms with van der Waals surface area (Å²) < 4.78 is 2.09. The Morgan fingerprint density at radius 2 is 1.86 bits per heavy atom. The van der Waals surface area contributed by atoms with Crippen molar-refractivity contribution in [2.24, 2.45) is 11.1 Å². The van der Waals surface area contributed by atoms with Crippen LogP contribution in [0.4, 0.5) is 5.82 Å². The molecule has 4 amide bonds. The number of nitrogens with two attached hydrogens (primary N) is 1. The van der Waals surface area contributed by atoms with Crippen LogP contribution >= 0.6 is 15.9 Å². The van der Waals surface area contributed by atoms with E-state index in [2.05, 4.69) is 46.6 Å². The topological polar surface area (TPSA) is 178 Å². The van der Waals surface area contributed by atoms with Gasteiger partial charge in [-0.15, -0.1) is 0 Å². The van der Waals surface area contributed by atoms with Gasteiger partial charge in [0.15, 0.2) is 5.69 Å². The number of aromatic nitrogens is 5. The number of primary amides is 1. The van der Waals surface area contributed by atoms with Crippen LogP contribution in [0.25, 0.3) is 22.0 Å². The summed E-state index contributed by atoms with van der Waals surface area (Å²) in [5.41, 5.74) is 9.22. The molecule has 4 heterocycles. The third-order valence-electron chi connectivity index (χ3n) is 9.84. The first-order valence-electron chi connectivity index (χ1n) is 17.2. The second kappa shape index (κ2) is 14.7. The largest absolute Gasteiger partial charge is 0.364 e. The summed E-state index contributed by atoms with van der Waals surface area (Å²) in [5, 5.41) is 11.1. The molecule has 4 aromatic rings. The van der Waals surface area contributed by atoms with Crippen molar-refractivity contribution in [1.82, 2.24) is 34.9 Å². The van der Waals surface area contributed by atoms with Gasteiger partial charge in [-0.05, 0) is 97.3 Å². The minimum atomic E-state index is -0.808. The molecule has 0 bridgehead atoms. The van der Waals surface area contributed by atoms with Gasteiger partial charge in [0.25, 0.3) is 5.91 Å². The third kappa shape index (κ3) is 7.41. The molecule has 1 saturated heterocycles. The number of amides is 4. The highest BCUT2D eigenvalue weighted by Crippen LogP contribution is 2.59. The standard InChI is InChI=1S/C37H42BrN9O4/c1-5-7-9-23-13-24(25-17-40-22(4)41-18-25)14-26-32(34(39)50)45-46(33(23)26)19-31(49)47-27(36(51)44-35-21(3)11-12-29(38)43-35)15-37(16-28(37)47)20-42-30(48)10-8-6-2/h5,7,11-14,17-18,27-28H,6,8-10,15-16,19-20H2,1-4H3,(H2,39,50)(H,42,48)(H,43,44,51)/b7-5+/t27-,28+,37-/m0/s1. The fraction of sp³-hybridized carbons (Fsp3) is 0.405. The number of nitrogens with zero attached hydrogens (tertiary/aromatic N) is 6. The summed E-state index contributed by atoms with van der Waals surface area (Å²) in [5.74, 6) is -0.419. The molecule has 13 nitrogen and oxygen atoms in total. The van der Waals surface area contributed by atoms with E-state index in [1.165, 1.54) is 4.68 Å². The van der Waals surface area contributed by atoms with Gasteiger partial charge in [-0.2, -0.15) is 5.10 Å². The SMILES string of the molecule is C/C=C/Cc1cc(-c2cnc(C)nc2)cc2c(C(N)=O)nn(CC(=O)N3[C@H](C(=O)Nc4nc(Br)ccc4C)C[C@@]4(CNC(=O)CCCC)C[C@@H]34)c12. The van der Waals surface area contributed by atoms with Crippen LogP contribution in [0.3, 0.4) is 0 Å². The maximum Gasteiger partial charge on any atom is 0.269 e. The average molecular weight is 757 g/mol. The van der Waals surface area contributed by atoms with E-state index in [-0.39, 0.29) is 36.0 Å². The number of aryl methyl sites for hydroxylation is 2. The van der Waals surface area contributed by atoms with E-state index in [4.69, 9.17) is 5.73 Å². The molecule has 6 rings (SSSR count). The number of likely N-dealkylation sites (tertiary alicyclic amines) is 1. The lowest BCUT2D eigenvalue weighted by Gasteiger charge is -2.27. The van der Waals surface area contributed by atoms with Crippen LogP contribution in [0, 0.1) is 19.3 Å². The molecular weight excluding hydrogens is 714 g/mol. The number of anilines is 1. The number of fused-ring (bicyclic) bond motifs is 2. The van der Waals surface area contributed by atoms with E-state index >= 15 is 0 Å². The van der Waals surface area contributed by atoms with Crippen molar-refractivity contribution >= 4 is 56.3 Å². The van der Waals surface area contributed by atoms with Gasteiger partial charge in [-0.25, -0.2) is 15.0 Å². The van der Waals surface area contributed by atoms with Crippen LogP contribution in [0.15, 0.2) is 53.4 Å². The number of carbonyl (C=O) groups excluding carboxylic acids is 4. The van der Waals surface area contributed by atoms with Gasteiger partial charge in [-0.1, -0.05) is 31.6 Å². The van der Waals surface area contributed by atoms with E-state index in [0.29, 0.717) is 59.4 Å². The Balaban J connectivity index is 1.35. The van der Waals surface area contributed by atoms with E-state index in [1.54, 1.807) is 30.3 Å². The molecule has 0 radical (unpaired) electrons. The molecule has 3 atom stereocenters. The molecule has 1 aliphatic heterocycles. The fourth-order valence-electron chi connectivity index (χ4n) is 7.02. The molecule has 2 aliphatic rings. The molecule has 4 N–H and O–H groups in total.